The molecule has 200 valence electrons. The van der Waals surface area contributed by atoms with E-state index in [0.29, 0.717) is 5.56 Å². The van der Waals surface area contributed by atoms with Crippen molar-refractivity contribution in [2.24, 2.45) is 0 Å². The fourth-order valence-electron chi connectivity index (χ4n) is 5.11. The van der Waals surface area contributed by atoms with Crippen molar-refractivity contribution >= 4 is 11.5 Å². The SMILES string of the molecule is CCCCCCCCCCCCCCC(C(=O)c1ccccc1NC)c1c(OC)cc(C)cc1OC. The lowest BCUT2D eigenvalue weighted by molar-refractivity contribution is 0.0951. The Morgan fingerprint density at radius 2 is 1.31 bits per heavy atom. The molecule has 1 N–H and O–H groups in total. The van der Waals surface area contributed by atoms with Gasteiger partial charge in [0.05, 0.1) is 20.1 Å². The molecule has 0 spiro atoms. The Morgan fingerprint density at radius 1 is 0.806 bits per heavy atom. The molecule has 0 aliphatic carbocycles. The van der Waals surface area contributed by atoms with Gasteiger partial charge in [-0.1, -0.05) is 96.1 Å². The molecule has 4 heteroatoms. The predicted octanol–water partition coefficient (Wildman–Crippen LogP) is 9.11. The topological polar surface area (TPSA) is 47.6 Å². The van der Waals surface area contributed by atoms with Crippen molar-refractivity contribution in [1.29, 1.82) is 0 Å². The minimum Gasteiger partial charge on any atom is -0.496 e. The predicted molar refractivity (Wildman–Crippen MR) is 153 cm³/mol. The number of hydrogen-bond acceptors (Lipinski definition) is 4. The highest BCUT2D eigenvalue weighted by atomic mass is 16.5. The number of ketones is 1. The molecular weight excluding hydrogens is 446 g/mol. The van der Waals surface area contributed by atoms with Gasteiger partial charge in [-0.25, -0.2) is 0 Å². The quantitative estimate of drug-likeness (QED) is 0.156. The lowest BCUT2D eigenvalue weighted by Crippen LogP contribution is -2.17. The fourth-order valence-corrected chi connectivity index (χ4v) is 5.11. The van der Waals surface area contributed by atoms with Gasteiger partial charge in [0.15, 0.2) is 5.78 Å². The number of unbranched alkanes of at least 4 members (excludes halogenated alkanes) is 11. The van der Waals surface area contributed by atoms with E-state index in [4.69, 9.17) is 9.47 Å². The second kappa shape index (κ2) is 17.1. The third-order valence-electron chi connectivity index (χ3n) is 7.16. The maximum Gasteiger partial charge on any atom is 0.172 e. The van der Waals surface area contributed by atoms with E-state index in [1.54, 1.807) is 14.2 Å². The minimum atomic E-state index is -0.312. The molecule has 2 rings (SSSR count). The average Bonchev–Trinajstić information content (AvgIpc) is 2.90. The van der Waals surface area contributed by atoms with E-state index in [9.17, 15) is 4.79 Å². The van der Waals surface area contributed by atoms with E-state index in [2.05, 4.69) is 12.2 Å². The standard InChI is InChI=1S/C32H49NO3/c1-6-7-8-9-10-11-12-13-14-15-16-17-21-27(32(34)26-20-18-19-22-28(26)33-3)31-29(35-4)23-25(2)24-30(31)36-5/h18-20,22-24,27,33H,6-17,21H2,1-5H3. The van der Waals surface area contributed by atoms with Crippen molar-refractivity contribution in [2.45, 2.75) is 103 Å². The summed E-state index contributed by atoms with van der Waals surface area (Å²) in [5.74, 6) is 1.26. The monoisotopic (exact) mass is 495 g/mol. The summed E-state index contributed by atoms with van der Waals surface area (Å²) in [6.45, 7) is 4.29. The average molecular weight is 496 g/mol. The molecule has 0 saturated carbocycles. The highest BCUT2D eigenvalue weighted by molar-refractivity contribution is 6.05. The van der Waals surface area contributed by atoms with Crippen molar-refractivity contribution in [1.82, 2.24) is 0 Å². The van der Waals surface area contributed by atoms with Crippen LogP contribution in [-0.2, 0) is 0 Å². The van der Waals surface area contributed by atoms with Crippen molar-refractivity contribution in [3.05, 3.63) is 53.1 Å². The van der Waals surface area contributed by atoms with Crippen LogP contribution in [0.15, 0.2) is 36.4 Å². The Morgan fingerprint density at radius 3 is 1.81 bits per heavy atom. The van der Waals surface area contributed by atoms with Gasteiger partial charge in [-0.05, 0) is 43.2 Å². The molecule has 0 aliphatic rings. The van der Waals surface area contributed by atoms with Crippen LogP contribution in [0.3, 0.4) is 0 Å². The lowest BCUT2D eigenvalue weighted by atomic mass is 9.84. The number of methoxy groups -OCH3 is 2. The Bertz CT molecular complexity index is 883. The van der Waals surface area contributed by atoms with E-state index in [0.717, 1.165) is 47.6 Å². The van der Waals surface area contributed by atoms with E-state index in [1.807, 2.05) is 50.4 Å². The zero-order valence-corrected chi connectivity index (χ0v) is 23.5. The van der Waals surface area contributed by atoms with E-state index < -0.39 is 0 Å². The summed E-state index contributed by atoms with van der Waals surface area (Å²) in [6.07, 6.45) is 16.4. The zero-order chi connectivity index (χ0) is 26.2. The number of carbonyl (C=O) groups is 1. The molecule has 0 heterocycles. The Hall–Kier alpha value is -2.49. The van der Waals surface area contributed by atoms with Gasteiger partial charge < -0.3 is 14.8 Å². The lowest BCUT2D eigenvalue weighted by Gasteiger charge is -2.23. The molecule has 0 fully saturated rings. The molecule has 1 unspecified atom stereocenters. The third kappa shape index (κ3) is 9.19. The number of benzene rings is 2. The first-order valence-corrected chi connectivity index (χ1v) is 14.1. The van der Waals surface area contributed by atoms with Gasteiger partial charge in [-0.15, -0.1) is 0 Å². The van der Waals surface area contributed by atoms with Crippen LogP contribution in [-0.4, -0.2) is 27.1 Å². The van der Waals surface area contributed by atoms with Crippen LogP contribution in [0.25, 0.3) is 0 Å². The van der Waals surface area contributed by atoms with Crippen molar-refractivity contribution < 1.29 is 14.3 Å². The van der Waals surface area contributed by atoms with Gasteiger partial charge >= 0.3 is 0 Å². The normalized spacial score (nSPS) is 11.8. The van der Waals surface area contributed by atoms with Crippen LogP contribution < -0.4 is 14.8 Å². The Balaban J connectivity index is 2.03. The second-order valence-corrected chi connectivity index (χ2v) is 9.97. The number of hydrogen-bond donors (Lipinski definition) is 1. The number of carbonyl (C=O) groups excluding carboxylic acids is 1. The number of aryl methyl sites for hydroxylation is 1. The summed E-state index contributed by atoms with van der Waals surface area (Å²) >= 11 is 0. The highest BCUT2D eigenvalue weighted by Gasteiger charge is 2.29. The molecule has 2 aromatic carbocycles. The third-order valence-corrected chi connectivity index (χ3v) is 7.16. The van der Waals surface area contributed by atoms with E-state index >= 15 is 0 Å². The van der Waals surface area contributed by atoms with Crippen LogP contribution in [0.2, 0.25) is 0 Å². The van der Waals surface area contributed by atoms with Crippen molar-refractivity contribution in [3.63, 3.8) is 0 Å². The maximum absolute atomic E-state index is 13.9. The number of rotatable bonds is 19. The van der Waals surface area contributed by atoms with Crippen LogP contribution in [0, 0.1) is 6.92 Å². The second-order valence-electron chi connectivity index (χ2n) is 9.97. The van der Waals surface area contributed by atoms with Gasteiger partial charge in [0.25, 0.3) is 0 Å². The maximum atomic E-state index is 13.9. The number of para-hydroxylation sites is 1. The summed E-state index contributed by atoms with van der Waals surface area (Å²) in [7, 11) is 5.20. The molecule has 0 radical (unpaired) electrons. The van der Waals surface area contributed by atoms with Crippen molar-refractivity contribution in [3.8, 4) is 11.5 Å². The first-order chi connectivity index (χ1) is 17.6. The summed E-state index contributed by atoms with van der Waals surface area (Å²) in [5.41, 5.74) is 3.49. The smallest absolute Gasteiger partial charge is 0.172 e. The molecule has 4 nitrogen and oxygen atoms in total. The molecule has 0 saturated heterocycles. The van der Waals surface area contributed by atoms with E-state index in [-0.39, 0.29) is 11.7 Å². The fraction of sp³-hybridized carbons (Fsp3) is 0.594. The summed E-state index contributed by atoms with van der Waals surface area (Å²) in [6, 6.07) is 11.8. The summed E-state index contributed by atoms with van der Waals surface area (Å²) < 4.78 is 11.5. The summed E-state index contributed by atoms with van der Waals surface area (Å²) in [4.78, 5) is 13.9. The van der Waals surface area contributed by atoms with Gasteiger partial charge in [-0.3, -0.25) is 4.79 Å². The van der Waals surface area contributed by atoms with Crippen LogP contribution >= 0.6 is 0 Å². The van der Waals surface area contributed by atoms with Crippen LogP contribution in [0.4, 0.5) is 5.69 Å². The number of anilines is 1. The molecular formula is C32H49NO3. The molecule has 0 aliphatic heterocycles. The van der Waals surface area contributed by atoms with Crippen molar-refractivity contribution in [2.75, 3.05) is 26.6 Å². The van der Waals surface area contributed by atoms with Gasteiger partial charge in [-0.2, -0.15) is 0 Å². The minimum absolute atomic E-state index is 0.114. The zero-order valence-electron chi connectivity index (χ0n) is 23.5. The number of ether oxygens (including phenoxy) is 2. The molecule has 1 atom stereocenters. The molecule has 0 bridgehead atoms. The summed E-state index contributed by atoms with van der Waals surface area (Å²) in [5, 5.41) is 3.18. The van der Waals surface area contributed by atoms with E-state index in [1.165, 1.54) is 64.2 Å². The molecule has 2 aromatic rings. The molecule has 0 aromatic heterocycles. The number of nitrogens with one attached hydrogen (secondary N) is 1. The Labute approximate surface area is 220 Å². The van der Waals surface area contributed by atoms with Crippen LogP contribution in [0.5, 0.6) is 11.5 Å². The Kier molecular flexibility index (Phi) is 14.1. The van der Waals surface area contributed by atoms with Crippen LogP contribution in [0.1, 0.15) is 118 Å². The first kappa shape index (κ1) is 29.7. The van der Waals surface area contributed by atoms with Gasteiger partial charge in [0.1, 0.15) is 11.5 Å². The highest BCUT2D eigenvalue weighted by Crippen LogP contribution is 2.41. The number of Topliss-reactive ketones (excluding diaryl/α,β-unsaturated/α-hetero) is 1. The van der Waals surface area contributed by atoms with Gasteiger partial charge in [0.2, 0.25) is 0 Å². The largest absolute Gasteiger partial charge is 0.496 e. The molecule has 36 heavy (non-hydrogen) atoms. The first-order valence-electron chi connectivity index (χ1n) is 14.1. The van der Waals surface area contributed by atoms with Gasteiger partial charge in [0, 0.05) is 23.9 Å². The molecule has 0 amide bonds.